The van der Waals surface area contributed by atoms with Crippen LogP contribution in [0.3, 0.4) is 0 Å². The maximum absolute atomic E-state index is 15.4. The first-order valence-electron chi connectivity index (χ1n) is 11.9. The summed E-state index contributed by atoms with van der Waals surface area (Å²) in [5, 5.41) is 9.01. The van der Waals surface area contributed by atoms with Crippen LogP contribution >= 0.6 is 11.6 Å². The summed E-state index contributed by atoms with van der Waals surface area (Å²) in [5.74, 6) is -0.532. The van der Waals surface area contributed by atoms with Gasteiger partial charge in [0.05, 0.1) is 27.3 Å². The summed E-state index contributed by atoms with van der Waals surface area (Å²) in [7, 11) is -1.77. The third-order valence-electron chi connectivity index (χ3n) is 6.96. The minimum atomic E-state index is -3.81. The van der Waals surface area contributed by atoms with E-state index in [9.17, 15) is 8.42 Å². The number of hydrogen-bond donors (Lipinski definition) is 1. The third-order valence-corrected chi connectivity index (χ3v) is 9.07. The van der Waals surface area contributed by atoms with Crippen molar-refractivity contribution in [1.29, 1.82) is 0 Å². The Labute approximate surface area is 215 Å². The zero-order chi connectivity index (χ0) is 25.7. The topological polar surface area (TPSA) is 106 Å². The van der Waals surface area contributed by atoms with Crippen molar-refractivity contribution in [2.45, 2.75) is 42.7 Å². The maximum atomic E-state index is 15.4. The lowest BCUT2D eigenvalue weighted by Gasteiger charge is -2.35. The molecule has 0 bridgehead atoms. The van der Waals surface area contributed by atoms with Gasteiger partial charge in [-0.1, -0.05) is 23.7 Å². The number of piperidine rings is 1. The van der Waals surface area contributed by atoms with Gasteiger partial charge in [-0.3, -0.25) is 0 Å². The van der Waals surface area contributed by atoms with Crippen molar-refractivity contribution in [3.63, 3.8) is 0 Å². The first-order chi connectivity index (χ1) is 17.0. The molecule has 0 saturated carbocycles. The fourth-order valence-electron chi connectivity index (χ4n) is 5.21. The van der Waals surface area contributed by atoms with Crippen molar-refractivity contribution in [1.82, 2.24) is 15.1 Å². The Bertz CT molecular complexity index is 1380. The molecule has 2 atom stereocenters. The molecule has 1 saturated heterocycles. The van der Waals surface area contributed by atoms with E-state index in [-0.39, 0.29) is 34.1 Å². The van der Waals surface area contributed by atoms with Crippen LogP contribution < -0.4 is 10.6 Å². The molecule has 0 amide bonds. The molecule has 2 aromatic carbocycles. The number of hydrogen-bond acceptors (Lipinski definition) is 8. The van der Waals surface area contributed by atoms with E-state index in [1.165, 1.54) is 6.07 Å². The van der Waals surface area contributed by atoms with Gasteiger partial charge in [0, 0.05) is 30.7 Å². The van der Waals surface area contributed by atoms with Gasteiger partial charge in [-0.2, -0.15) is 0 Å². The average molecular weight is 534 g/mol. The Hall–Kier alpha value is -2.53. The second-order valence-corrected chi connectivity index (χ2v) is 12.6. The summed E-state index contributed by atoms with van der Waals surface area (Å²) in [6.45, 7) is 4.47. The average Bonchev–Trinajstić information content (AvgIpc) is 3.27. The van der Waals surface area contributed by atoms with E-state index in [2.05, 4.69) is 22.0 Å². The van der Waals surface area contributed by atoms with E-state index in [4.69, 9.17) is 21.8 Å². The molecule has 0 radical (unpaired) electrons. The molecular formula is C25H29ClFN5O3S. The summed E-state index contributed by atoms with van der Waals surface area (Å²) < 4.78 is 47.6. The summed E-state index contributed by atoms with van der Waals surface area (Å²) in [6, 6.07) is 9.17. The molecule has 2 N–H and O–H groups in total. The van der Waals surface area contributed by atoms with Crippen LogP contribution in [-0.4, -0.2) is 62.0 Å². The highest BCUT2D eigenvalue weighted by atomic mass is 35.5. The van der Waals surface area contributed by atoms with Gasteiger partial charge in [-0.25, -0.2) is 12.8 Å². The maximum Gasteiger partial charge on any atom is 0.250 e. The van der Waals surface area contributed by atoms with Gasteiger partial charge in [0.1, 0.15) is 5.82 Å². The Morgan fingerprint density at radius 2 is 2.00 bits per heavy atom. The molecule has 192 valence electrons. The van der Waals surface area contributed by atoms with E-state index < -0.39 is 21.7 Å². The predicted octanol–water partition coefficient (Wildman–Crippen LogP) is 3.63. The van der Waals surface area contributed by atoms with Crippen molar-refractivity contribution in [2.24, 2.45) is 5.73 Å². The van der Waals surface area contributed by atoms with Crippen molar-refractivity contribution in [3.05, 3.63) is 58.7 Å². The lowest BCUT2D eigenvalue weighted by Crippen LogP contribution is -2.42. The van der Waals surface area contributed by atoms with Crippen molar-refractivity contribution >= 4 is 27.1 Å². The van der Waals surface area contributed by atoms with E-state index >= 15 is 4.39 Å². The van der Waals surface area contributed by atoms with Crippen LogP contribution in [0.4, 0.5) is 10.1 Å². The molecule has 3 heterocycles. The minimum absolute atomic E-state index is 0.0251. The molecule has 1 aromatic heterocycles. The van der Waals surface area contributed by atoms with Crippen LogP contribution in [0.5, 0.6) is 0 Å². The Kier molecular flexibility index (Phi) is 6.57. The molecule has 36 heavy (non-hydrogen) atoms. The minimum Gasteiger partial charge on any atom is -0.420 e. The lowest BCUT2D eigenvalue weighted by molar-refractivity contribution is 0.163. The number of likely N-dealkylation sites (N-methyl/N-ethyl adjacent to an activating group) is 1. The number of anilines is 1. The number of likely N-dealkylation sites (tertiary alicyclic amines) is 1. The summed E-state index contributed by atoms with van der Waals surface area (Å²) in [4.78, 5) is 3.97. The molecular weight excluding hydrogens is 505 g/mol. The lowest BCUT2D eigenvalue weighted by atomic mass is 9.82. The number of fused-ring (bicyclic) bond motifs is 1. The molecule has 11 heteroatoms. The first kappa shape index (κ1) is 25.1. The monoisotopic (exact) mass is 533 g/mol. The zero-order valence-corrected chi connectivity index (χ0v) is 21.8. The van der Waals surface area contributed by atoms with E-state index in [1.54, 1.807) is 12.1 Å². The van der Waals surface area contributed by atoms with Crippen LogP contribution in [0.1, 0.15) is 31.2 Å². The molecule has 1 fully saturated rings. The van der Waals surface area contributed by atoms with E-state index in [1.807, 2.05) is 24.1 Å². The number of sulfone groups is 1. The van der Waals surface area contributed by atoms with Crippen molar-refractivity contribution in [2.75, 3.05) is 37.3 Å². The number of aromatic nitrogens is 2. The van der Waals surface area contributed by atoms with Gasteiger partial charge in [0.2, 0.25) is 5.89 Å². The fraction of sp³-hybridized carbons (Fsp3) is 0.440. The zero-order valence-electron chi connectivity index (χ0n) is 20.2. The smallest absolute Gasteiger partial charge is 0.250 e. The predicted molar refractivity (Wildman–Crippen MR) is 136 cm³/mol. The highest BCUT2D eigenvalue weighted by Crippen LogP contribution is 2.38. The van der Waals surface area contributed by atoms with Crippen LogP contribution in [0.25, 0.3) is 11.5 Å². The molecule has 1 unspecified atom stereocenters. The highest BCUT2D eigenvalue weighted by Gasteiger charge is 2.37. The fourth-order valence-corrected chi connectivity index (χ4v) is 6.98. The number of nitrogens with two attached hydrogens (primary N) is 1. The molecule has 3 aromatic rings. The molecule has 2 aliphatic rings. The van der Waals surface area contributed by atoms with E-state index in [0.717, 1.165) is 37.6 Å². The van der Waals surface area contributed by atoms with Gasteiger partial charge >= 0.3 is 0 Å². The summed E-state index contributed by atoms with van der Waals surface area (Å²) in [5.41, 5.74) is 7.18. The van der Waals surface area contributed by atoms with Crippen molar-refractivity contribution < 1.29 is 17.2 Å². The van der Waals surface area contributed by atoms with Crippen LogP contribution in [-0.2, 0) is 21.8 Å². The first-order valence-corrected chi connectivity index (χ1v) is 13.9. The Morgan fingerprint density at radius 3 is 2.72 bits per heavy atom. The summed E-state index contributed by atoms with van der Waals surface area (Å²) in [6.07, 6.45) is 1.88. The van der Waals surface area contributed by atoms with Crippen molar-refractivity contribution in [3.8, 4) is 11.5 Å². The molecule has 0 spiro atoms. The highest BCUT2D eigenvalue weighted by molar-refractivity contribution is 7.91. The number of nitrogens with zero attached hydrogens (tertiary/aromatic N) is 4. The molecule has 5 rings (SSSR count). The van der Waals surface area contributed by atoms with E-state index in [0.29, 0.717) is 23.1 Å². The quantitative estimate of drug-likeness (QED) is 0.542. The van der Waals surface area contributed by atoms with Gasteiger partial charge in [-0.05, 0) is 63.2 Å². The SMILES string of the molecule is CN1CCCC(C)(c2nnc(-c3cc4c(cc3F)S(=O)(=O)C[C@H](N)CN4Cc3ccc(Cl)cc3)o2)C1. The molecule has 8 nitrogen and oxygen atoms in total. The number of rotatable bonds is 4. The number of halogens is 2. The van der Waals surface area contributed by atoms with Gasteiger partial charge in [-0.15, -0.1) is 10.2 Å². The normalized spacial score (nSPS) is 24.4. The third kappa shape index (κ3) is 4.87. The van der Waals surface area contributed by atoms with Crippen LogP contribution in [0, 0.1) is 5.82 Å². The van der Waals surface area contributed by atoms with Gasteiger partial charge in [0.25, 0.3) is 5.89 Å². The largest absolute Gasteiger partial charge is 0.420 e. The van der Waals surface area contributed by atoms with Gasteiger partial charge in [0.15, 0.2) is 9.84 Å². The second-order valence-electron chi connectivity index (χ2n) is 10.2. The van der Waals surface area contributed by atoms with Crippen LogP contribution in [0.15, 0.2) is 45.7 Å². The Morgan fingerprint density at radius 1 is 1.25 bits per heavy atom. The Balaban J connectivity index is 1.57. The molecule has 2 aliphatic heterocycles. The second kappa shape index (κ2) is 9.41. The number of benzene rings is 2. The standard InChI is InChI=1S/C25H29ClFN5O3S/c1-25(8-3-9-31(2)15-25)24-30-29-23(35-24)19-10-21-22(11-20(19)27)36(33,34)14-18(28)13-32(21)12-16-4-6-17(26)7-5-16/h4-7,10-11,18H,3,8-9,12-15,28H2,1-2H3/t18-,25?/m1/s1. The van der Waals surface area contributed by atoms with Crippen LogP contribution in [0.2, 0.25) is 5.02 Å². The summed E-state index contributed by atoms with van der Waals surface area (Å²) >= 11 is 6.02. The van der Waals surface area contributed by atoms with Gasteiger partial charge < -0.3 is 20.0 Å². The molecule has 0 aliphatic carbocycles.